The minimum absolute atomic E-state index is 0.0174. The maximum absolute atomic E-state index is 9.31. The highest BCUT2D eigenvalue weighted by Gasteiger charge is 2.18. The van der Waals surface area contributed by atoms with E-state index >= 15 is 0 Å². The molecular formula is C15H22N2O3. The summed E-state index contributed by atoms with van der Waals surface area (Å²) in [7, 11) is 3.38. The number of hydrogen-bond acceptors (Lipinski definition) is 5. The number of rotatable bonds is 8. The van der Waals surface area contributed by atoms with Gasteiger partial charge < -0.3 is 14.6 Å². The van der Waals surface area contributed by atoms with Crippen LogP contribution < -0.4 is 9.47 Å². The van der Waals surface area contributed by atoms with Gasteiger partial charge in [0.15, 0.2) is 11.5 Å². The number of hydrogen-bond donors (Lipinski definition) is 1. The third-order valence-corrected chi connectivity index (χ3v) is 2.98. The van der Waals surface area contributed by atoms with Crippen LogP contribution in [-0.2, 0) is 0 Å². The van der Waals surface area contributed by atoms with E-state index in [1.165, 1.54) is 0 Å². The molecule has 0 aliphatic rings. The Morgan fingerprint density at radius 2 is 2.15 bits per heavy atom. The van der Waals surface area contributed by atoms with Crippen molar-refractivity contribution < 1.29 is 14.6 Å². The summed E-state index contributed by atoms with van der Waals surface area (Å²) < 4.78 is 10.9. The van der Waals surface area contributed by atoms with Gasteiger partial charge in [0.05, 0.1) is 26.4 Å². The molecule has 0 radical (unpaired) electrons. The van der Waals surface area contributed by atoms with Crippen molar-refractivity contribution >= 4 is 0 Å². The topological polar surface area (TPSA) is 65.7 Å². The fourth-order valence-corrected chi connectivity index (χ4v) is 1.90. The lowest BCUT2D eigenvalue weighted by Gasteiger charge is -2.22. The average molecular weight is 278 g/mol. The monoisotopic (exact) mass is 278 g/mol. The van der Waals surface area contributed by atoms with Crippen molar-refractivity contribution in [2.45, 2.75) is 19.4 Å². The first-order valence-electron chi connectivity index (χ1n) is 6.69. The molecule has 0 saturated heterocycles. The summed E-state index contributed by atoms with van der Waals surface area (Å²) in [4.78, 5) is 1.79. The molecule has 0 aliphatic heterocycles. The van der Waals surface area contributed by atoms with E-state index in [9.17, 15) is 5.26 Å². The van der Waals surface area contributed by atoms with E-state index in [0.29, 0.717) is 24.7 Å². The van der Waals surface area contributed by atoms with Gasteiger partial charge in [0.2, 0.25) is 0 Å². The van der Waals surface area contributed by atoms with Crippen molar-refractivity contribution in [1.82, 2.24) is 4.90 Å². The molecule has 1 unspecified atom stereocenters. The maximum Gasteiger partial charge on any atom is 0.161 e. The molecule has 0 bridgehead atoms. The van der Waals surface area contributed by atoms with Crippen LogP contribution in [0, 0.1) is 11.3 Å². The van der Waals surface area contributed by atoms with Gasteiger partial charge in [-0.15, -0.1) is 0 Å². The molecule has 0 amide bonds. The van der Waals surface area contributed by atoms with Gasteiger partial charge in [-0.3, -0.25) is 4.90 Å². The van der Waals surface area contributed by atoms with Gasteiger partial charge in [0, 0.05) is 6.54 Å². The van der Waals surface area contributed by atoms with Crippen LogP contribution in [0.25, 0.3) is 0 Å². The Kier molecular flexibility index (Phi) is 6.85. The van der Waals surface area contributed by atoms with E-state index in [-0.39, 0.29) is 6.61 Å². The molecule has 0 heterocycles. The third kappa shape index (κ3) is 4.12. The zero-order valence-electron chi connectivity index (χ0n) is 12.3. The Morgan fingerprint density at radius 1 is 1.40 bits per heavy atom. The van der Waals surface area contributed by atoms with E-state index in [1.807, 2.05) is 25.1 Å². The predicted octanol–water partition coefficient (Wildman–Crippen LogP) is 1.97. The molecule has 0 aromatic heterocycles. The molecule has 1 N–H and O–H groups in total. The Labute approximate surface area is 120 Å². The summed E-state index contributed by atoms with van der Waals surface area (Å²) >= 11 is 0. The van der Waals surface area contributed by atoms with Crippen molar-refractivity contribution in [2.24, 2.45) is 0 Å². The molecule has 0 aliphatic carbocycles. The summed E-state index contributed by atoms with van der Waals surface area (Å²) in [5.74, 6) is 1.30. The Morgan fingerprint density at radius 3 is 2.70 bits per heavy atom. The zero-order chi connectivity index (χ0) is 15.0. The van der Waals surface area contributed by atoms with Crippen LogP contribution in [0.5, 0.6) is 11.5 Å². The summed E-state index contributed by atoms with van der Waals surface area (Å²) in [6.07, 6.45) is 0.922. The standard InChI is InChI=1S/C15H22N2O3/c1-4-9-20-14-6-5-12(10-15(14)19-3)13(11-16)17(2)7-8-18/h5-6,10,13,18H,4,7-9H2,1-3H3. The highest BCUT2D eigenvalue weighted by atomic mass is 16.5. The third-order valence-electron chi connectivity index (χ3n) is 2.98. The molecule has 0 saturated carbocycles. The minimum atomic E-state index is -0.420. The molecule has 0 spiro atoms. The van der Waals surface area contributed by atoms with E-state index in [0.717, 1.165) is 12.0 Å². The highest BCUT2D eigenvalue weighted by molar-refractivity contribution is 5.44. The quantitative estimate of drug-likeness (QED) is 0.787. The number of benzene rings is 1. The van der Waals surface area contributed by atoms with Crippen molar-refractivity contribution in [1.29, 1.82) is 5.26 Å². The number of methoxy groups -OCH3 is 1. The van der Waals surface area contributed by atoms with Gasteiger partial charge in [-0.1, -0.05) is 13.0 Å². The number of ether oxygens (including phenoxy) is 2. The Hall–Kier alpha value is -1.77. The van der Waals surface area contributed by atoms with Crippen LogP contribution in [0.2, 0.25) is 0 Å². The zero-order valence-corrected chi connectivity index (χ0v) is 12.3. The molecule has 110 valence electrons. The fourth-order valence-electron chi connectivity index (χ4n) is 1.90. The normalized spacial score (nSPS) is 12.0. The first kappa shape index (κ1) is 16.3. The van der Waals surface area contributed by atoms with Gasteiger partial charge >= 0.3 is 0 Å². The van der Waals surface area contributed by atoms with Crippen molar-refractivity contribution in [3.63, 3.8) is 0 Å². The lowest BCUT2D eigenvalue weighted by Crippen LogP contribution is -2.26. The molecule has 20 heavy (non-hydrogen) atoms. The second kappa shape index (κ2) is 8.41. The summed E-state index contributed by atoms with van der Waals surface area (Å²) in [5.41, 5.74) is 0.823. The summed E-state index contributed by atoms with van der Waals surface area (Å²) in [6.45, 7) is 3.12. The molecule has 1 aromatic rings. The van der Waals surface area contributed by atoms with E-state index in [4.69, 9.17) is 14.6 Å². The second-order valence-corrected chi connectivity index (χ2v) is 4.49. The average Bonchev–Trinajstić information content (AvgIpc) is 2.46. The maximum atomic E-state index is 9.31. The summed E-state index contributed by atoms with van der Waals surface area (Å²) in [5, 5.41) is 18.3. The van der Waals surface area contributed by atoms with Crippen LogP contribution in [0.1, 0.15) is 24.9 Å². The smallest absolute Gasteiger partial charge is 0.161 e. The number of nitrogens with zero attached hydrogens (tertiary/aromatic N) is 2. The molecular weight excluding hydrogens is 256 g/mol. The van der Waals surface area contributed by atoms with E-state index in [1.54, 1.807) is 19.1 Å². The van der Waals surface area contributed by atoms with Crippen LogP contribution in [-0.4, -0.2) is 43.9 Å². The van der Waals surface area contributed by atoms with Gasteiger partial charge in [-0.05, 0) is 31.2 Å². The van der Waals surface area contributed by atoms with Gasteiger partial charge in [-0.2, -0.15) is 5.26 Å². The van der Waals surface area contributed by atoms with E-state index < -0.39 is 6.04 Å². The van der Waals surface area contributed by atoms with Crippen molar-refractivity contribution in [3.8, 4) is 17.6 Å². The van der Waals surface area contributed by atoms with Gasteiger partial charge in [0.1, 0.15) is 6.04 Å². The van der Waals surface area contributed by atoms with Gasteiger partial charge in [0.25, 0.3) is 0 Å². The highest BCUT2D eigenvalue weighted by Crippen LogP contribution is 2.31. The predicted molar refractivity (Wildman–Crippen MR) is 76.8 cm³/mol. The molecule has 1 atom stereocenters. The fraction of sp³-hybridized carbons (Fsp3) is 0.533. The molecule has 5 heteroatoms. The van der Waals surface area contributed by atoms with Crippen molar-refractivity contribution in [3.05, 3.63) is 23.8 Å². The van der Waals surface area contributed by atoms with Crippen molar-refractivity contribution in [2.75, 3.05) is 33.9 Å². The van der Waals surface area contributed by atoms with Crippen LogP contribution in [0.15, 0.2) is 18.2 Å². The number of likely N-dealkylation sites (N-methyl/N-ethyl adjacent to an activating group) is 1. The minimum Gasteiger partial charge on any atom is -0.493 e. The largest absolute Gasteiger partial charge is 0.493 e. The van der Waals surface area contributed by atoms with Crippen LogP contribution in [0.4, 0.5) is 0 Å². The molecule has 1 aromatic carbocycles. The number of aliphatic hydroxyl groups is 1. The first-order chi connectivity index (χ1) is 9.67. The first-order valence-corrected chi connectivity index (χ1v) is 6.69. The van der Waals surface area contributed by atoms with Gasteiger partial charge in [-0.25, -0.2) is 0 Å². The Bertz CT molecular complexity index is 457. The molecule has 5 nitrogen and oxygen atoms in total. The second-order valence-electron chi connectivity index (χ2n) is 4.49. The SMILES string of the molecule is CCCOc1ccc(C(C#N)N(C)CCO)cc1OC. The van der Waals surface area contributed by atoms with Crippen LogP contribution >= 0.6 is 0 Å². The molecule has 0 fully saturated rings. The van der Waals surface area contributed by atoms with E-state index in [2.05, 4.69) is 6.07 Å². The number of nitriles is 1. The lowest BCUT2D eigenvalue weighted by molar-refractivity contribution is 0.202. The van der Waals surface area contributed by atoms with Crippen LogP contribution in [0.3, 0.4) is 0 Å². The summed E-state index contributed by atoms with van der Waals surface area (Å²) in [6, 6.07) is 7.30. The Balaban J connectivity index is 2.98. The lowest BCUT2D eigenvalue weighted by atomic mass is 10.1. The number of aliphatic hydroxyl groups excluding tert-OH is 1. The molecule has 1 rings (SSSR count).